The number of ether oxygens (including phenoxy) is 1. The summed E-state index contributed by atoms with van der Waals surface area (Å²) in [5, 5.41) is 17.1. The molecule has 2 amide bonds. The second-order valence-corrected chi connectivity index (χ2v) is 8.36. The van der Waals surface area contributed by atoms with E-state index in [2.05, 4.69) is 10.6 Å². The topological polar surface area (TPSA) is 114 Å². The number of aromatic hydroxyl groups is 1. The molecule has 182 valence electrons. The first kappa shape index (κ1) is 24.3. The maximum Gasteiger partial charge on any atom is 0.412 e. The van der Waals surface area contributed by atoms with Gasteiger partial charge in [-0.1, -0.05) is 73.7 Å². The van der Waals surface area contributed by atoms with E-state index in [1.54, 1.807) is 42.5 Å². The number of hydrogen-bond donors (Lipinski definition) is 4. The fourth-order valence-corrected chi connectivity index (χ4v) is 3.86. The lowest BCUT2D eigenvalue weighted by atomic mass is 9.96. The number of anilines is 3. The lowest BCUT2D eigenvalue weighted by molar-refractivity contribution is -0.111. The van der Waals surface area contributed by atoms with Crippen LogP contribution in [0.5, 0.6) is 5.75 Å². The number of carbonyl (C=O) groups excluding carboxylic acids is 2. The number of nitrogens with one attached hydrogen (secondary N) is 2. The van der Waals surface area contributed by atoms with Crippen LogP contribution in [-0.2, 0) is 9.53 Å². The molecule has 4 aromatic rings. The first-order chi connectivity index (χ1) is 17.4. The molecule has 2 atom stereocenters. The Bertz CT molecular complexity index is 1390. The van der Waals surface area contributed by atoms with Crippen LogP contribution < -0.4 is 16.4 Å². The highest BCUT2D eigenvalue weighted by Crippen LogP contribution is 2.30. The number of nitrogen functional groups attached to an aromatic ring is 1. The van der Waals surface area contributed by atoms with E-state index in [1.807, 2.05) is 49.4 Å². The Balaban J connectivity index is 1.51. The van der Waals surface area contributed by atoms with Gasteiger partial charge < -0.3 is 20.9 Å². The van der Waals surface area contributed by atoms with Crippen LogP contribution in [0.1, 0.15) is 18.6 Å². The van der Waals surface area contributed by atoms with E-state index >= 15 is 0 Å². The smallest absolute Gasteiger partial charge is 0.412 e. The number of hydrogen-bond acceptors (Lipinski definition) is 5. The van der Waals surface area contributed by atoms with Crippen LogP contribution in [-0.4, -0.2) is 17.1 Å². The number of rotatable bonds is 7. The van der Waals surface area contributed by atoms with E-state index < -0.39 is 12.2 Å². The molecule has 0 aliphatic rings. The van der Waals surface area contributed by atoms with E-state index in [4.69, 9.17) is 10.5 Å². The Kier molecular flexibility index (Phi) is 7.51. The minimum atomic E-state index is -0.716. The molecule has 0 unspecified atom stereocenters. The van der Waals surface area contributed by atoms with Crippen LogP contribution in [0, 0.1) is 5.92 Å². The third-order valence-corrected chi connectivity index (χ3v) is 5.73. The standard InChI is InChI=1S/C29H27N3O4/c1-19(13-18-27(34)31-26-11-5-4-10-24(26)30)28(21-14-16-22(33)17-15-21)36-29(35)32-25-12-6-8-20-7-2-3-9-23(20)25/h2-19,28,33H,30H2,1H3,(H,31,34)(H,32,35)/b18-13+/t19-,28+/m0/s1. The normalized spacial score (nSPS) is 12.7. The highest BCUT2D eigenvalue weighted by atomic mass is 16.6. The summed E-state index contributed by atoms with van der Waals surface area (Å²) in [7, 11) is 0. The van der Waals surface area contributed by atoms with Crippen molar-refractivity contribution >= 4 is 39.8 Å². The average Bonchev–Trinajstić information content (AvgIpc) is 2.88. The highest BCUT2D eigenvalue weighted by molar-refractivity contribution is 6.01. The molecule has 0 saturated heterocycles. The lowest BCUT2D eigenvalue weighted by Crippen LogP contribution is -2.21. The predicted octanol–water partition coefficient (Wildman–Crippen LogP) is 6.25. The Morgan fingerprint density at radius 2 is 1.53 bits per heavy atom. The molecule has 0 bridgehead atoms. The van der Waals surface area contributed by atoms with Crippen LogP contribution in [0.25, 0.3) is 10.8 Å². The van der Waals surface area contributed by atoms with Gasteiger partial charge in [-0.05, 0) is 47.4 Å². The summed E-state index contributed by atoms with van der Waals surface area (Å²) in [6.45, 7) is 1.84. The first-order valence-corrected chi connectivity index (χ1v) is 11.5. The number of benzene rings is 4. The second kappa shape index (κ2) is 11.1. The fraction of sp³-hybridized carbons (Fsp3) is 0.103. The summed E-state index contributed by atoms with van der Waals surface area (Å²) in [6.07, 6.45) is 1.70. The van der Waals surface area contributed by atoms with Gasteiger partial charge in [0.1, 0.15) is 11.9 Å². The fourth-order valence-electron chi connectivity index (χ4n) is 3.86. The molecule has 4 rings (SSSR count). The number of phenolic OH excluding ortho intramolecular Hbond substituents is 1. The van der Waals surface area contributed by atoms with Crippen LogP contribution in [0.2, 0.25) is 0 Å². The van der Waals surface area contributed by atoms with E-state index in [1.165, 1.54) is 18.2 Å². The molecule has 7 heteroatoms. The molecule has 4 aromatic carbocycles. The number of amides is 2. The van der Waals surface area contributed by atoms with Crippen molar-refractivity contribution in [1.82, 2.24) is 0 Å². The molecule has 0 heterocycles. The molecule has 7 nitrogen and oxygen atoms in total. The lowest BCUT2D eigenvalue weighted by Gasteiger charge is -2.23. The van der Waals surface area contributed by atoms with Crippen molar-refractivity contribution in [3.8, 4) is 5.75 Å². The monoisotopic (exact) mass is 481 g/mol. The predicted molar refractivity (Wildman–Crippen MR) is 143 cm³/mol. The van der Waals surface area contributed by atoms with Crippen LogP contribution in [0.15, 0.2) is 103 Å². The largest absolute Gasteiger partial charge is 0.508 e. The van der Waals surface area contributed by atoms with E-state index in [9.17, 15) is 14.7 Å². The van der Waals surface area contributed by atoms with Gasteiger partial charge in [0, 0.05) is 11.3 Å². The summed E-state index contributed by atoms with van der Waals surface area (Å²) < 4.78 is 5.83. The quantitative estimate of drug-likeness (QED) is 0.184. The van der Waals surface area contributed by atoms with E-state index in [0.29, 0.717) is 22.6 Å². The molecule has 36 heavy (non-hydrogen) atoms. The third-order valence-electron chi connectivity index (χ3n) is 5.73. The minimum absolute atomic E-state index is 0.0979. The van der Waals surface area contributed by atoms with Crippen molar-refractivity contribution in [1.29, 1.82) is 0 Å². The summed E-state index contributed by atoms with van der Waals surface area (Å²) in [6, 6.07) is 26.7. The van der Waals surface area contributed by atoms with Crippen LogP contribution in [0.3, 0.4) is 0 Å². The molecule has 0 aromatic heterocycles. The van der Waals surface area contributed by atoms with Gasteiger partial charge >= 0.3 is 6.09 Å². The van der Waals surface area contributed by atoms with Crippen molar-refractivity contribution in [2.75, 3.05) is 16.4 Å². The molecule has 0 fully saturated rings. The van der Waals surface area contributed by atoms with Crippen molar-refractivity contribution in [2.24, 2.45) is 5.92 Å². The number of phenols is 1. The third kappa shape index (κ3) is 6.01. The van der Waals surface area contributed by atoms with Crippen LogP contribution in [0.4, 0.5) is 21.9 Å². The molecule has 0 aliphatic heterocycles. The molecule has 0 radical (unpaired) electrons. The van der Waals surface area contributed by atoms with Gasteiger partial charge in [-0.3, -0.25) is 10.1 Å². The van der Waals surface area contributed by atoms with Gasteiger partial charge in [-0.2, -0.15) is 0 Å². The molecule has 0 aliphatic carbocycles. The number of nitrogens with two attached hydrogens (primary N) is 1. The van der Waals surface area contributed by atoms with E-state index in [0.717, 1.165) is 10.8 Å². The van der Waals surface area contributed by atoms with Crippen molar-refractivity contribution in [3.05, 3.63) is 109 Å². The van der Waals surface area contributed by atoms with Gasteiger partial charge in [-0.25, -0.2) is 4.79 Å². The van der Waals surface area contributed by atoms with Gasteiger partial charge in [0.2, 0.25) is 5.91 Å². The van der Waals surface area contributed by atoms with Gasteiger partial charge in [0.05, 0.1) is 17.1 Å². The van der Waals surface area contributed by atoms with Gasteiger partial charge in [-0.15, -0.1) is 0 Å². The molecular formula is C29H27N3O4. The van der Waals surface area contributed by atoms with Crippen LogP contribution >= 0.6 is 0 Å². The average molecular weight is 482 g/mol. The van der Waals surface area contributed by atoms with Crippen molar-refractivity contribution < 1.29 is 19.4 Å². The Morgan fingerprint density at radius 3 is 2.31 bits per heavy atom. The number of para-hydroxylation sites is 2. The minimum Gasteiger partial charge on any atom is -0.508 e. The zero-order valence-electron chi connectivity index (χ0n) is 19.7. The summed E-state index contributed by atoms with van der Waals surface area (Å²) in [4.78, 5) is 25.4. The summed E-state index contributed by atoms with van der Waals surface area (Å²) in [5.74, 6) is -0.628. The summed E-state index contributed by atoms with van der Waals surface area (Å²) in [5.41, 5.74) is 8.17. The zero-order valence-corrected chi connectivity index (χ0v) is 19.7. The number of carbonyl (C=O) groups is 2. The molecule has 0 spiro atoms. The second-order valence-electron chi connectivity index (χ2n) is 8.36. The van der Waals surface area contributed by atoms with E-state index in [-0.39, 0.29) is 17.6 Å². The number of fused-ring (bicyclic) bond motifs is 1. The van der Waals surface area contributed by atoms with Crippen molar-refractivity contribution in [2.45, 2.75) is 13.0 Å². The zero-order chi connectivity index (χ0) is 25.5. The maximum atomic E-state index is 12.9. The van der Waals surface area contributed by atoms with Gasteiger partial charge in [0.15, 0.2) is 0 Å². The SMILES string of the molecule is C[C@@H](/C=C/C(=O)Nc1ccccc1N)[C@@H](OC(=O)Nc1cccc2ccccc12)c1ccc(O)cc1. The Hall–Kier alpha value is -4.78. The first-order valence-electron chi connectivity index (χ1n) is 11.5. The van der Waals surface area contributed by atoms with Crippen molar-refractivity contribution in [3.63, 3.8) is 0 Å². The Labute approximate surface area is 209 Å². The maximum absolute atomic E-state index is 12.9. The molecule has 5 N–H and O–H groups in total. The highest BCUT2D eigenvalue weighted by Gasteiger charge is 2.23. The molecular weight excluding hydrogens is 454 g/mol. The van der Waals surface area contributed by atoms with Gasteiger partial charge in [0.25, 0.3) is 0 Å². The summed E-state index contributed by atoms with van der Waals surface area (Å²) >= 11 is 0. The Morgan fingerprint density at radius 1 is 0.861 bits per heavy atom. The molecule has 0 saturated carbocycles.